The van der Waals surface area contributed by atoms with Gasteiger partial charge < -0.3 is 9.47 Å². The van der Waals surface area contributed by atoms with Gasteiger partial charge in [-0.3, -0.25) is 4.79 Å². The molecule has 0 N–H and O–H groups in total. The first-order chi connectivity index (χ1) is 9.02. The zero-order valence-corrected chi connectivity index (χ0v) is 12.2. The van der Waals surface area contributed by atoms with Crippen molar-refractivity contribution in [1.82, 2.24) is 0 Å². The van der Waals surface area contributed by atoms with Crippen LogP contribution in [-0.4, -0.2) is 20.2 Å². The average molecular weight is 262 g/mol. The minimum Gasteiger partial charge on any atom is -0.496 e. The Kier molecular flexibility index (Phi) is 3.83. The smallest absolute Gasteiger partial charge is 0.312 e. The summed E-state index contributed by atoms with van der Waals surface area (Å²) >= 11 is 0. The molecule has 104 valence electrons. The van der Waals surface area contributed by atoms with Crippen LogP contribution in [0, 0.1) is 19.3 Å². The second kappa shape index (κ2) is 5.24. The second-order valence-corrected chi connectivity index (χ2v) is 5.57. The van der Waals surface area contributed by atoms with Gasteiger partial charge in [-0.15, -0.1) is 0 Å². The van der Waals surface area contributed by atoms with E-state index in [1.165, 1.54) is 12.7 Å². The van der Waals surface area contributed by atoms with Crippen LogP contribution >= 0.6 is 0 Å². The van der Waals surface area contributed by atoms with Gasteiger partial charge in [0.05, 0.1) is 19.6 Å². The number of hydrogen-bond acceptors (Lipinski definition) is 3. The topological polar surface area (TPSA) is 35.5 Å². The number of ether oxygens (including phenoxy) is 2. The van der Waals surface area contributed by atoms with Crippen molar-refractivity contribution in [2.75, 3.05) is 14.2 Å². The fourth-order valence-corrected chi connectivity index (χ4v) is 3.13. The molecule has 3 nitrogen and oxygen atoms in total. The first-order valence-corrected chi connectivity index (χ1v) is 6.75. The Labute approximate surface area is 114 Å². The van der Waals surface area contributed by atoms with Crippen LogP contribution in [0.3, 0.4) is 0 Å². The van der Waals surface area contributed by atoms with Crippen molar-refractivity contribution in [2.45, 2.75) is 39.5 Å². The summed E-state index contributed by atoms with van der Waals surface area (Å²) in [6.45, 7) is 4.09. The highest BCUT2D eigenvalue weighted by molar-refractivity contribution is 5.78. The number of benzene rings is 1. The van der Waals surface area contributed by atoms with E-state index in [1.54, 1.807) is 7.11 Å². The Bertz CT molecular complexity index is 464. The third kappa shape index (κ3) is 2.46. The molecule has 1 fully saturated rings. The minimum absolute atomic E-state index is 0.0649. The zero-order chi connectivity index (χ0) is 14.0. The van der Waals surface area contributed by atoms with Crippen molar-refractivity contribution in [3.05, 3.63) is 28.8 Å². The Hall–Kier alpha value is -1.51. The number of rotatable bonds is 4. The van der Waals surface area contributed by atoms with Crippen LogP contribution in [0.15, 0.2) is 12.1 Å². The van der Waals surface area contributed by atoms with Gasteiger partial charge in [0, 0.05) is 0 Å². The van der Waals surface area contributed by atoms with E-state index in [2.05, 4.69) is 12.1 Å². The number of esters is 1. The number of carbonyl (C=O) groups excluding carboxylic acids is 1. The molecule has 1 aromatic carbocycles. The van der Waals surface area contributed by atoms with Crippen molar-refractivity contribution in [2.24, 2.45) is 5.41 Å². The highest BCUT2D eigenvalue weighted by Gasteiger charge is 2.45. The maximum absolute atomic E-state index is 12.0. The van der Waals surface area contributed by atoms with Crippen LogP contribution in [0.25, 0.3) is 0 Å². The lowest BCUT2D eigenvalue weighted by Gasteiger charge is -2.39. The maximum atomic E-state index is 12.0. The molecule has 0 heterocycles. The van der Waals surface area contributed by atoms with Crippen molar-refractivity contribution < 1.29 is 14.3 Å². The SMILES string of the molecule is COC(=O)C1(Cc2cc(C)c(OC)c(C)c2)CCC1. The highest BCUT2D eigenvalue weighted by atomic mass is 16.5. The van der Waals surface area contributed by atoms with Gasteiger partial charge in [-0.25, -0.2) is 0 Å². The third-order valence-corrected chi connectivity index (χ3v) is 4.20. The maximum Gasteiger partial charge on any atom is 0.312 e. The largest absolute Gasteiger partial charge is 0.496 e. The van der Waals surface area contributed by atoms with E-state index in [0.717, 1.165) is 42.6 Å². The molecule has 0 atom stereocenters. The van der Waals surface area contributed by atoms with E-state index in [9.17, 15) is 4.79 Å². The molecule has 1 aromatic rings. The van der Waals surface area contributed by atoms with E-state index in [0.29, 0.717) is 0 Å². The van der Waals surface area contributed by atoms with E-state index < -0.39 is 0 Å². The number of hydrogen-bond donors (Lipinski definition) is 0. The summed E-state index contributed by atoms with van der Waals surface area (Å²) < 4.78 is 10.3. The normalized spacial score (nSPS) is 16.6. The molecule has 3 heteroatoms. The summed E-state index contributed by atoms with van der Waals surface area (Å²) in [5, 5.41) is 0. The number of methoxy groups -OCH3 is 2. The first-order valence-electron chi connectivity index (χ1n) is 6.75. The van der Waals surface area contributed by atoms with Crippen LogP contribution in [0.4, 0.5) is 0 Å². The van der Waals surface area contributed by atoms with Gasteiger partial charge in [-0.05, 0) is 49.8 Å². The van der Waals surface area contributed by atoms with Crippen LogP contribution in [-0.2, 0) is 16.0 Å². The lowest BCUT2D eigenvalue weighted by molar-refractivity contribution is -0.158. The van der Waals surface area contributed by atoms with Gasteiger partial charge in [0.15, 0.2) is 0 Å². The zero-order valence-electron chi connectivity index (χ0n) is 12.2. The van der Waals surface area contributed by atoms with Gasteiger partial charge >= 0.3 is 5.97 Å². The summed E-state index contributed by atoms with van der Waals surface area (Å²) in [6.07, 6.45) is 3.75. The Balaban J connectivity index is 2.26. The number of carbonyl (C=O) groups is 1. The predicted molar refractivity (Wildman–Crippen MR) is 74.5 cm³/mol. The molecule has 0 radical (unpaired) electrons. The van der Waals surface area contributed by atoms with E-state index in [4.69, 9.17) is 9.47 Å². The van der Waals surface area contributed by atoms with Crippen molar-refractivity contribution in [3.63, 3.8) is 0 Å². The van der Waals surface area contributed by atoms with Crippen LogP contribution in [0.2, 0.25) is 0 Å². The molecule has 0 amide bonds. The Morgan fingerprint density at radius 1 is 1.21 bits per heavy atom. The lowest BCUT2D eigenvalue weighted by Crippen LogP contribution is -2.40. The number of aryl methyl sites for hydroxylation is 2. The van der Waals surface area contributed by atoms with Crippen molar-refractivity contribution in [3.8, 4) is 5.75 Å². The molecule has 0 saturated heterocycles. The molecular formula is C16H22O3. The molecule has 19 heavy (non-hydrogen) atoms. The van der Waals surface area contributed by atoms with Gasteiger partial charge in [0.1, 0.15) is 5.75 Å². The summed E-state index contributed by atoms with van der Waals surface area (Å²) in [5.74, 6) is 0.870. The van der Waals surface area contributed by atoms with Gasteiger partial charge in [-0.2, -0.15) is 0 Å². The van der Waals surface area contributed by atoms with Crippen LogP contribution in [0.5, 0.6) is 5.75 Å². The average Bonchev–Trinajstić information content (AvgIpc) is 2.32. The lowest BCUT2D eigenvalue weighted by atomic mass is 9.65. The van der Waals surface area contributed by atoms with Gasteiger partial charge in [-0.1, -0.05) is 18.6 Å². The second-order valence-electron chi connectivity index (χ2n) is 5.57. The molecule has 1 saturated carbocycles. The van der Waals surface area contributed by atoms with Crippen LogP contribution < -0.4 is 4.74 Å². The Morgan fingerprint density at radius 3 is 2.16 bits per heavy atom. The molecule has 0 aromatic heterocycles. The molecule has 2 rings (SSSR count). The molecule has 0 bridgehead atoms. The van der Waals surface area contributed by atoms with Crippen molar-refractivity contribution >= 4 is 5.97 Å². The van der Waals surface area contributed by atoms with E-state index >= 15 is 0 Å². The minimum atomic E-state index is -0.289. The summed E-state index contributed by atoms with van der Waals surface area (Å²) in [7, 11) is 3.17. The van der Waals surface area contributed by atoms with E-state index in [-0.39, 0.29) is 11.4 Å². The molecular weight excluding hydrogens is 240 g/mol. The quantitative estimate of drug-likeness (QED) is 0.782. The summed E-state index contributed by atoms with van der Waals surface area (Å²) in [4.78, 5) is 12.0. The molecule has 1 aliphatic carbocycles. The monoisotopic (exact) mass is 262 g/mol. The Morgan fingerprint density at radius 2 is 1.79 bits per heavy atom. The first kappa shape index (κ1) is 13.9. The molecule has 0 spiro atoms. The van der Waals surface area contributed by atoms with Gasteiger partial charge in [0.25, 0.3) is 0 Å². The fraction of sp³-hybridized carbons (Fsp3) is 0.562. The molecule has 0 aliphatic heterocycles. The third-order valence-electron chi connectivity index (χ3n) is 4.20. The molecule has 0 unspecified atom stereocenters. The van der Waals surface area contributed by atoms with E-state index in [1.807, 2.05) is 13.8 Å². The summed E-state index contributed by atoms with van der Waals surface area (Å²) in [5.41, 5.74) is 3.15. The fourth-order valence-electron chi connectivity index (χ4n) is 3.13. The summed E-state index contributed by atoms with van der Waals surface area (Å²) in [6, 6.07) is 4.24. The van der Waals surface area contributed by atoms with Crippen molar-refractivity contribution in [1.29, 1.82) is 0 Å². The molecule has 1 aliphatic rings. The standard InChI is InChI=1S/C16H22O3/c1-11-8-13(9-12(2)14(11)18-3)10-16(6-5-7-16)15(17)19-4/h8-9H,5-7,10H2,1-4H3. The highest BCUT2D eigenvalue weighted by Crippen LogP contribution is 2.45. The predicted octanol–water partition coefficient (Wildman–Crippen LogP) is 3.20. The van der Waals surface area contributed by atoms with Gasteiger partial charge in [0.2, 0.25) is 0 Å². The van der Waals surface area contributed by atoms with Crippen LogP contribution in [0.1, 0.15) is 36.0 Å².